The van der Waals surface area contributed by atoms with Crippen LogP contribution < -0.4 is 20.1 Å². The van der Waals surface area contributed by atoms with Gasteiger partial charge >= 0.3 is 12.2 Å². The van der Waals surface area contributed by atoms with Gasteiger partial charge in [0.05, 0.1) is 19.2 Å². The Morgan fingerprint density at radius 1 is 1.04 bits per heavy atom. The number of ether oxygens (including phenoxy) is 2. The van der Waals surface area contributed by atoms with Crippen molar-refractivity contribution in [3.8, 4) is 11.5 Å². The zero-order chi connectivity index (χ0) is 19.0. The normalized spacial score (nSPS) is 10.9. The van der Waals surface area contributed by atoms with E-state index in [1.165, 1.54) is 12.1 Å². The molecule has 0 fully saturated rings. The maximum Gasteiger partial charge on any atom is 0.416 e. The number of alkyl halides is 3. The number of nitrogens with one attached hydrogen (secondary N) is 2. The Labute approximate surface area is 149 Å². The van der Waals surface area contributed by atoms with E-state index in [0.717, 1.165) is 23.4 Å². The molecule has 2 aromatic rings. The number of rotatable bonds is 7. The van der Waals surface area contributed by atoms with E-state index in [-0.39, 0.29) is 18.9 Å². The first kappa shape index (κ1) is 19.4. The van der Waals surface area contributed by atoms with Gasteiger partial charge in [-0.2, -0.15) is 13.2 Å². The molecule has 8 heteroatoms. The van der Waals surface area contributed by atoms with Gasteiger partial charge in [0.1, 0.15) is 18.1 Å². The number of methoxy groups -OCH3 is 1. The standard InChI is InChI=1S/C18H19F3N2O3/c1-25-15-7-5-13(6-8-15)12-23-17(24)22-9-10-26-16-4-2-3-14(11-16)18(19,20)21/h2-8,11H,9-10,12H2,1H3,(H2,22,23,24). The highest BCUT2D eigenvalue weighted by atomic mass is 19.4. The fourth-order valence-electron chi connectivity index (χ4n) is 2.08. The minimum absolute atomic E-state index is 0.0528. The summed E-state index contributed by atoms with van der Waals surface area (Å²) >= 11 is 0. The summed E-state index contributed by atoms with van der Waals surface area (Å²) in [6, 6.07) is 11.4. The lowest BCUT2D eigenvalue weighted by Gasteiger charge is -2.11. The Balaban J connectivity index is 1.68. The van der Waals surface area contributed by atoms with Gasteiger partial charge in [0.25, 0.3) is 0 Å². The fourth-order valence-corrected chi connectivity index (χ4v) is 2.08. The van der Waals surface area contributed by atoms with E-state index >= 15 is 0 Å². The second-order valence-corrected chi connectivity index (χ2v) is 5.33. The summed E-state index contributed by atoms with van der Waals surface area (Å²) < 4.78 is 48.1. The SMILES string of the molecule is COc1ccc(CNC(=O)NCCOc2cccc(C(F)(F)F)c2)cc1. The van der Waals surface area contributed by atoms with Gasteiger partial charge in [-0.05, 0) is 35.9 Å². The highest BCUT2D eigenvalue weighted by Gasteiger charge is 2.30. The number of carbonyl (C=O) groups is 1. The molecule has 0 aliphatic rings. The van der Waals surface area contributed by atoms with Crippen molar-refractivity contribution < 1.29 is 27.4 Å². The fraction of sp³-hybridized carbons (Fsp3) is 0.278. The monoisotopic (exact) mass is 368 g/mol. The highest BCUT2D eigenvalue weighted by molar-refractivity contribution is 5.73. The molecule has 2 N–H and O–H groups in total. The lowest BCUT2D eigenvalue weighted by atomic mass is 10.2. The summed E-state index contributed by atoms with van der Waals surface area (Å²) in [5.74, 6) is 0.824. The van der Waals surface area contributed by atoms with E-state index < -0.39 is 17.8 Å². The first-order chi connectivity index (χ1) is 12.4. The quantitative estimate of drug-likeness (QED) is 0.735. The summed E-state index contributed by atoms with van der Waals surface area (Å²) in [7, 11) is 1.57. The molecule has 0 saturated carbocycles. The van der Waals surface area contributed by atoms with Crippen LogP contribution in [0.2, 0.25) is 0 Å². The van der Waals surface area contributed by atoms with Crippen LogP contribution in [0.5, 0.6) is 11.5 Å². The largest absolute Gasteiger partial charge is 0.497 e. The molecule has 2 aromatic carbocycles. The minimum Gasteiger partial charge on any atom is -0.497 e. The van der Waals surface area contributed by atoms with Gasteiger partial charge in [-0.25, -0.2) is 4.79 Å². The van der Waals surface area contributed by atoms with Crippen LogP contribution in [0.3, 0.4) is 0 Å². The number of amides is 2. The average Bonchev–Trinajstić information content (AvgIpc) is 2.63. The van der Waals surface area contributed by atoms with Crippen LogP contribution in [0, 0.1) is 0 Å². The van der Waals surface area contributed by atoms with Crippen LogP contribution in [0.4, 0.5) is 18.0 Å². The molecule has 26 heavy (non-hydrogen) atoms. The topological polar surface area (TPSA) is 59.6 Å². The molecule has 0 aromatic heterocycles. The molecule has 0 spiro atoms. The Morgan fingerprint density at radius 3 is 2.42 bits per heavy atom. The summed E-state index contributed by atoms with van der Waals surface area (Å²) in [4.78, 5) is 11.7. The molecule has 5 nitrogen and oxygen atoms in total. The molecule has 0 heterocycles. The Hall–Kier alpha value is -2.90. The maximum atomic E-state index is 12.6. The van der Waals surface area contributed by atoms with Gasteiger partial charge < -0.3 is 20.1 Å². The molecule has 0 radical (unpaired) electrons. The molecule has 0 aliphatic carbocycles. The van der Waals surface area contributed by atoms with E-state index in [2.05, 4.69) is 10.6 Å². The van der Waals surface area contributed by atoms with Crippen molar-refractivity contribution in [2.75, 3.05) is 20.3 Å². The van der Waals surface area contributed by atoms with Gasteiger partial charge in [0.2, 0.25) is 0 Å². The van der Waals surface area contributed by atoms with Crippen LogP contribution in [-0.2, 0) is 12.7 Å². The van der Waals surface area contributed by atoms with Crippen molar-refractivity contribution in [2.45, 2.75) is 12.7 Å². The third-order valence-corrected chi connectivity index (χ3v) is 3.43. The predicted molar refractivity (Wildman–Crippen MR) is 90.2 cm³/mol. The van der Waals surface area contributed by atoms with Crippen molar-refractivity contribution in [3.63, 3.8) is 0 Å². The maximum absolute atomic E-state index is 12.6. The second kappa shape index (κ2) is 8.98. The first-order valence-electron chi connectivity index (χ1n) is 7.83. The van der Waals surface area contributed by atoms with E-state index in [4.69, 9.17) is 9.47 Å². The molecular formula is C18H19F3N2O3. The number of halogens is 3. The van der Waals surface area contributed by atoms with E-state index in [0.29, 0.717) is 6.54 Å². The van der Waals surface area contributed by atoms with Crippen molar-refractivity contribution in [3.05, 3.63) is 59.7 Å². The van der Waals surface area contributed by atoms with E-state index in [9.17, 15) is 18.0 Å². The molecule has 2 rings (SSSR count). The molecule has 0 aliphatic heterocycles. The van der Waals surface area contributed by atoms with Crippen molar-refractivity contribution in [1.29, 1.82) is 0 Å². The molecule has 0 saturated heterocycles. The Morgan fingerprint density at radius 2 is 1.77 bits per heavy atom. The molecule has 0 unspecified atom stereocenters. The summed E-state index contributed by atoms with van der Waals surface area (Å²) in [5, 5.41) is 5.24. The van der Waals surface area contributed by atoms with Gasteiger partial charge in [-0.1, -0.05) is 18.2 Å². The van der Waals surface area contributed by atoms with Crippen LogP contribution >= 0.6 is 0 Å². The lowest BCUT2D eigenvalue weighted by Crippen LogP contribution is -2.37. The lowest BCUT2D eigenvalue weighted by molar-refractivity contribution is -0.137. The van der Waals surface area contributed by atoms with Gasteiger partial charge in [-0.3, -0.25) is 0 Å². The van der Waals surface area contributed by atoms with Crippen LogP contribution in [0.25, 0.3) is 0 Å². The Bertz CT molecular complexity index is 718. The average molecular weight is 368 g/mol. The smallest absolute Gasteiger partial charge is 0.416 e. The number of urea groups is 1. The predicted octanol–water partition coefficient (Wildman–Crippen LogP) is 3.59. The van der Waals surface area contributed by atoms with Gasteiger partial charge in [0, 0.05) is 6.54 Å². The molecule has 0 atom stereocenters. The van der Waals surface area contributed by atoms with Crippen molar-refractivity contribution >= 4 is 6.03 Å². The van der Waals surface area contributed by atoms with Crippen molar-refractivity contribution in [2.24, 2.45) is 0 Å². The van der Waals surface area contributed by atoms with Crippen LogP contribution in [-0.4, -0.2) is 26.3 Å². The highest BCUT2D eigenvalue weighted by Crippen LogP contribution is 2.31. The third-order valence-electron chi connectivity index (χ3n) is 3.43. The zero-order valence-corrected chi connectivity index (χ0v) is 14.1. The zero-order valence-electron chi connectivity index (χ0n) is 14.1. The van der Waals surface area contributed by atoms with Crippen molar-refractivity contribution in [1.82, 2.24) is 10.6 Å². The Kier molecular flexibility index (Phi) is 6.71. The molecule has 2 amide bonds. The number of hydrogen-bond acceptors (Lipinski definition) is 3. The number of hydrogen-bond donors (Lipinski definition) is 2. The van der Waals surface area contributed by atoms with Gasteiger partial charge in [0.15, 0.2) is 0 Å². The van der Waals surface area contributed by atoms with Crippen LogP contribution in [0.15, 0.2) is 48.5 Å². The number of benzene rings is 2. The molecular weight excluding hydrogens is 349 g/mol. The molecule has 0 bridgehead atoms. The first-order valence-corrected chi connectivity index (χ1v) is 7.83. The molecule has 140 valence electrons. The summed E-state index contributed by atoms with van der Waals surface area (Å²) in [6.07, 6.45) is -4.42. The third kappa shape index (κ3) is 6.19. The second-order valence-electron chi connectivity index (χ2n) is 5.33. The summed E-state index contributed by atoms with van der Waals surface area (Å²) in [6.45, 7) is 0.548. The van der Waals surface area contributed by atoms with Gasteiger partial charge in [-0.15, -0.1) is 0 Å². The number of carbonyl (C=O) groups excluding carboxylic acids is 1. The van der Waals surface area contributed by atoms with Crippen LogP contribution in [0.1, 0.15) is 11.1 Å². The van der Waals surface area contributed by atoms with E-state index in [1.807, 2.05) is 12.1 Å². The minimum atomic E-state index is -4.42. The summed E-state index contributed by atoms with van der Waals surface area (Å²) in [5.41, 5.74) is 0.126. The van der Waals surface area contributed by atoms with E-state index in [1.54, 1.807) is 19.2 Å².